The molecule has 1 heterocycles. The van der Waals surface area contributed by atoms with Gasteiger partial charge in [0.2, 0.25) is 0 Å². The maximum absolute atomic E-state index is 12.5. The van der Waals surface area contributed by atoms with Gasteiger partial charge in [-0.2, -0.15) is 0 Å². The molecule has 1 aliphatic heterocycles. The summed E-state index contributed by atoms with van der Waals surface area (Å²) in [6.07, 6.45) is 6.14. The molecule has 0 spiro atoms. The van der Waals surface area contributed by atoms with Crippen molar-refractivity contribution in [2.75, 3.05) is 6.61 Å². The largest absolute Gasteiger partial charge is 0.481 e. The fourth-order valence-electron chi connectivity index (χ4n) is 6.44. The van der Waals surface area contributed by atoms with Crippen LogP contribution in [0.1, 0.15) is 71.6 Å². The van der Waals surface area contributed by atoms with E-state index in [0.717, 1.165) is 12.0 Å². The summed E-state index contributed by atoms with van der Waals surface area (Å²) in [4.78, 5) is 58.6. The number of cyclic esters (lactones) is 1. The van der Waals surface area contributed by atoms with Gasteiger partial charge in [-0.25, -0.2) is 4.79 Å². The van der Waals surface area contributed by atoms with Crippen molar-refractivity contribution in [2.24, 2.45) is 22.7 Å². The number of rotatable bonds is 11. The van der Waals surface area contributed by atoms with Crippen LogP contribution in [0.25, 0.3) is 0 Å². The monoisotopic (exact) mass is 532 g/mol. The Hall–Kier alpha value is -3.43. The smallest absolute Gasteiger partial charge is 0.342 e. The summed E-state index contributed by atoms with van der Waals surface area (Å²) in [7, 11) is 0. The zero-order chi connectivity index (χ0) is 28.1. The van der Waals surface area contributed by atoms with Crippen molar-refractivity contribution in [1.82, 2.24) is 0 Å². The lowest BCUT2D eigenvalue weighted by Crippen LogP contribution is -2.58. The molecular formula is C28H36O10. The summed E-state index contributed by atoms with van der Waals surface area (Å²) in [5, 5.41) is 17.8. The molecule has 0 aromatic carbocycles. The Morgan fingerprint density at radius 2 is 1.74 bits per heavy atom. The highest BCUT2D eigenvalue weighted by Crippen LogP contribution is 2.62. The molecule has 2 N–H and O–H groups in total. The minimum atomic E-state index is -1.10. The van der Waals surface area contributed by atoms with Gasteiger partial charge in [0.25, 0.3) is 0 Å². The minimum Gasteiger partial charge on any atom is -0.481 e. The van der Waals surface area contributed by atoms with Crippen LogP contribution in [0.5, 0.6) is 0 Å². The highest BCUT2D eigenvalue weighted by Gasteiger charge is 2.59. The van der Waals surface area contributed by atoms with Crippen molar-refractivity contribution in [3.63, 3.8) is 0 Å². The summed E-state index contributed by atoms with van der Waals surface area (Å²) in [6, 6.07) is 0. The Labute approximate surface area is 221 Å². The van der Waals surface area contributed by atoms with Gasteiger partial charge < -0.3 is 24.4 Å². The highest BCUT2D eigenvalue weighted by atomic mass is 16.6. The van der Waals surface area contributed by atoms with Gasteiger partial charge in [0.1, 0.15) is 12.7 Å². The Morgan fingerprint density at radius 3 is 2.34 bits per heavy atom. The number of fused-ring (bicyclic) bond motifs is 1. The van der Waals surface area contributed by atoms with Gasteiger partial charge >= 0.3 is 29.8 Å². The Kier molecular flexibility index (Phi) is 9.17. The van der Waals surface area contributed by atoms with Crippen molar-refractivity contribution in [3.05, 3.63) is 36.1 Å². The van der Waals surface area contributed by atoms with Crippen LogP contribution in [-0.2, 0) is 38.2 Å². The summed E-state index contributed by atoms with van der Waals surface area (Å²) >= 11 is 0. The van der Waals surface area contributed by atoms with E-state index in [9.17, 15) is 24.0 Å². The zero-order valence-electron chi connectivity index (χ0n) is 21.9. The SMILES string of the molecule is C=C1CC[C@@H]2[C@](C)(COC(=O)CCC(=O)O)[C@H](OC(=O)CCC(=O)O)CC[C@@]2(C)[C@@H]1C/C=C1\C=COC1=O. The van der Waals surface area contributed by atoms with E-state index in [1.54, 1.807) is 6.08 Å². The van der Waals surface area contributed by atoms with Gasteiger partial charge in [0.15, 0.2) is 0 Å². The van der Waals surface area contributed by atoms with Crippen LogP contribution < -0.4 is 0 Å². The Morgan fingerprint density at radius 1 is 1.08 bits per heavy atom. The first-order valence-corrected chi connectivity index (χ1v) is 12.9. The average Bonchev–Trinajstić information content (AvgIpc) is 3.26. The maximum atomic E-state index is 12.5. The van der Waals surface area contributed by atoms with Gasteiger partial charge in [0.05, 0.1) is 37.5 Å². The first-order valence-electron chi connectivity index (χ1n) is 12.9. The molecular weight excluding hydrogens is 496 g/mol. The topological polar surface area (TPSA) is 154 Å². The van der Waals surface area contributed by atoms with E-state index in [1.165, 1.54) is 6.26 Å². The van der Waals surface area contributed by atoms with E-state index < -0.39 is 41.4 Å². The summed E-state index contributed by atoms with van der Waals surface area (Å²) in [5.74, 6) is -3.93. The van der Waals surface area contributed by atoms with Gasteiger partial charge in [-0.05, 0) is 55.4 Å². The number of carbonyl (C=O) groups excluding carboxylic acids is 3. The number of esters is 3. The maximum Gasteiger partial charge on any atom is 0.342 e. The molecule has 2 fully saturated rings. The van der Waals surface area contributed by atoms with E-state index in [2.05, 4.69) is 13.5 Å². The Bertz CT molecular complexity index is 1060. The van der Waals surface area contributed by atoms with E-state index in [0.29, 0.717) is 31.3 Å². The fourth-order valence-corrected chi connectivity index (χ4v) is 6.44. The van der Waals surface area contributed by atoms with Gasteiger partial charge in [0, 0.05) is 5.41 Å². The van der Waals surface area contributed by atoms with Crippen LogP contribution in [-0.4, -0.2) is 52.8 Å². The first-order chi connectivity index (χ1) is 17.9. The molecule has 5 atom stereocenters. The van der Waals surface area contributed by atoms with Crippen molar-refractivity contribution < 1.29 is 48.4 Å². The lowest BCUT2D eigenvalue weighted by atomic mass is 9.46. The number of hydrogen-bond donors (Lipinski definition) is 2. The third kappa shape index (κ3) is 6.52. The van der Waals surface area contributed by atoms with Crippen molar-refractivity contribution >= 4 is 29.8 Å². The summed E-state index contributed by atoms with van der Waals surface area (Å²) in [6.45, 7) is 8.32. The number of carboxylic acid groups (broad SMARTS) is 2. The third-order valence-electron chi connectivity index (χ3n) is 8.45. The van der Waals surface area contributed by atoms with E-state index in [4.69, 9.17) is 24.4 Å². The number of ether oxygens (including phenoxy) is 3. The van der Waals surface area contributed by atoms with Crippen LogP contribution in [0, 0.1) is 22.7 Å². The van der Waals surface area contributed by atoms with Crippen LogP contribution >= 0.6 is 0 Å². The van der Waals surface area contributed by atoms with E-state index in [-0.39, 0.29) is 49.5 Å². The predicted octanol–water partition coefficient (Wildman–Crippen LogP) is 3.95. The molecule has 3 rings (SSSR count). The van der Waals surface area contributed by atoms with Gasteiger partial charge in [-0.3, -0.25) is 19.2 Å². The molecule has 0 unspecified atom stereocenters. The third-order valence-corrected chi connectivity index (χ3v) is 8.45. The average molecular weight is 533 g/mol. The minimum absolute atomic E-state index is 0.0150. The number of aliphatic carboxylic acids is 2. The second-order valence-corrected chi connectivity index (χ2v) is 10.9. The molecule has 38 heavy (non-hydrogen) atoms. The van der Waals surface area contributed by atoms with E-state index in [1.807, 2.05) is 13.0 Å². The molecule has 0 aromatic heterocycles. The zero-order valence-corrected chi connectivity index (χ0v) is 21.9. The Balaban J connectivity index is 1.86. The molecule has 0 bridgehead atoms. The van der Waals surface area contributed by atoms with Gasteiger partial charge in [-0.15, -0.1) is 0 Å². The molecule has 10 nitrogen and oxygen atoms in total. The van der Waals surface area contributed by atoms with Crippen LogP contribution in [0.4, 0.5) is 0 Å². The highest BCUT2D eigenvalue weighted by molar-refractivity contribution is 5.94. The predicted molar refractivity (Wildman–Crippen MR) is 133 cm³/mol. The second kappa shape index (κ2) is 12.0. The molecule has 2 aliphatic carbocycles. The van der Waals surface area contributed by atoms with Crippen molar-refractivity contribution in [1.29, 1.82) is 0 Å². The van der Waals surface area contributed by atoms with Crippen molar-refractivity contribution in [3.8, 4) is 0 Å². The molecule has 208 valence electrons. The molecule has 0 amide bonds. The normalized spacial score (nSPS) is 31.4. The summed E-state index contributed by atoms with van der Waals surface area (Å²) in [5.41, 5.74) is 0.432. The van der Waals surface area contributed by atoms with Crippen LogP contribution in [0.3, 0.4) is 0 Å². The standard InChI is InChI=1S/C28H36O10/c1-17-4-7-20-27(2,19(17)6-5-18-13-15-36-26(18)35)14-12-21(38-25(34)11-9-23(31)32)28(20,3)16-37-24(33)10-8-22(29)30/h5,13,15,19-21H,1,4,6-12,14,16H2,2-3H3,(H,29,30)(H,31,32)/b18-5+/t19-,20+,21-,27+,28+/m1/s1. The lowest BCUT2D eigenvalue weighted by Gasteiger charge is -2.60. The molecule has 0 aromatic rings. The quantitative estimate of drug-likeness (QED) is 0.173. The van der Waals surface area contributed by atoms with E-state index >= 15 is 0 Å². The summed E-state index contributed by atoms with van der Waals surface area (Å²) < 4.78 is 16.3. The van der Waals surface area contributed by atoms with Crippen LogP contribution in [0.15, 0.2) is 36.1 Å². The number of carboxylic acids is 2. The fraction of sp³-hybridized carbons (Fsp3) is 0.607. The number of carbonyl (C=O) groups is 5. The molecule has 10 heteroatoms. The molecule has 2 saturated carbocycles. The van der Waals surface area contributed by atoms with Gasteiger partial charge in [-0.1, -0.05) is 32.1 Å². The molecule has 3 aliphatic rings. The first kappa shape index (κ1) is 29.1. The molecule has 0 radical (unpaired) electrons. The van der Waals surface area contributed by atoms with Crippen LogP contribution in [0.2, 0.25) is 0 Å². The molecule has 0 saturated heterocycles. The number of allylic oxidation sites excluding steroid dienone is 2. The second-order valence-electron chi connectivity index (χ2n) is 10.9. The number of hydrogen-bond acceptors (Lipinski definition) is 8. The van der Waals surface area contributed by atoms with Crippen molar-refractivity contribution in [2.45, 2.75) is 77.7 Å². The lowest BCUT2D eigenvalue weighted by molar-refractivity contribution is -0.194.